The molecule has 0 radical (unpaired) electrons. The molecule has 0 unspecified atom stereocenters. The largest absolute Gasteiger partial charge is 0.496 e. The van der Waals surface area contributed by atoms with Gasteiger partial charge in [-0.3, -0.25) is 4.79 Å². The Hall–Kier alpha value is -4.00. The number of hydrogen-bond donors (Lipinski definition) is 1. The SMILES string of the molecule is COc1ccccc1CNC(=O)COC(=O)COc1ccc(Oc2ccccc2)cc1. The summed E-state index contributed by atoms with van der Waals surface area (Å²) in [5.74, 6) is 1.47. The molecular formula is C24H23NO6. The standard InChI is InChI=1S/C24H23NO6/c1-28-22-10-6-5-7-18(22)15-25-23(26)16-30-24(27)17-29-19-11-13-21(14-12-19)31-20-8-3-2-4-9-20/h2-14H,15-17H2,1H3,(H,25,26). The van der Waals surface area contributed by atoms with Gasteiger partial charge >= 0.3 is 5.97 Å². The molecule has 1 N–H and O–H groups in total. The summed E-state index contributed by atoms with van der Waals surface area (Å²) >= 11 is 0. The first kappa shape index (κ1) is 21.7. The number of hydrogen-bond acceptors (Lipinski definition) is 6. The average molecular weight is 421 g/mol. The van der Waals surface area contributed by atoms with E-state index in [1.165, 1.54) is 0 Å². The molecule has 3 rings (SSSR count). The molecule has 0 aliphatic heterocycles. The van der Waals surface area contributed by atoms with Gasteiger partial charge in [-0.05, 0) is 42.5 Å². The smallest absolute Gasteiger partial charge is 0.344 e. The van der Waals surface area contributed by atoms with Gasteiger partial charge in [-0.1, -0.05) is 36.4 Å². The van der Waals surface area contributed by atoms with Gasteiger partial charge in [0.1, 0.15) is 23.0 Å². The number of nitrogens with one attached hydrogen (secondary N) is 1. The second-order valence-electron chi connectivity index (χ2n) is 6.42. The van der Waals surface area contributed by atoms with Crippen LogP contribution in [0.15, 0.2) is 78.9 Å². The van der Waals surface area contributed by atoms with Crippen molar-refractivity contribution in [3.05, 3.63) is 84.4 Å². The molecule has 3 aromatic carbocycles. The Balaban J connectivity index is 1.36. The topological polar surface area (TPSA) is 83.1 Å². The molecule has 0 atom stereocenters. The molecule has 0 heterocycles. The third kappa shape index (κ3) is 7.08. The summed E-state index contributed by atoms with van der Waals surface area (Å²) in [4.78, 5) is 23.7. The van der Waals surface area contributed by atoms with Gasteiger partial charge in [0, 0.05) is 12.1 Å². The van der Waals surface area contributed by atoms with Crippen LogP contribution in [0.4, 0.5) is 0 Å². The van der Waals surface area contributed by atoms with Crippen molar-refractivity contribution < 1.29 is 28.5 Å². The van der Waals surface area contributed by atoms with Crippen molar-refractivity contribution in [1.82, 2.24) is 5.32 Å². The van der Waals surface area contributed by atoms with Gasteiger partial charge in [0.25, 0.3) is 5.91 Å². The van der Waals surface area contributed by atoms with E-state index in [-0.39, 0.29) is 19.8 Å². The summed E-state index contributed by atoms with van der Waals surface area (Å²) in [7, 11) is 1.56. The number of amides is 1. The van der Waals surface area contributed by atoms with E-state index in [1.807, 2.05) is 48.5 Å². The quantitative estimate of drug-likeness (QED) is 0.503. The summed E-state index contributed by atoms with van der Waals surface area (Å²) in [6.45, 7) is -0.422. The Bertz CT molecular complexity index is 988. The van der Waals surface area contributed by atoms with E-state index in [0.717, 1.165) is 11.3 Å². The van der Waals surface area contributed by atoms with Crippen molar-refractivity contribution in [2.45, 2.75) is 6.54 Å². The number of benzene rings is 3. The van der Waals surface area contributed by atoms with E-state index in [4.69, 9.17) is 18.9 Å². The monoisotopic (exact) mass is 421 g/mol. The number of carbonyl (C=O) groups excluding carboxylic acids is 2. The van der Waals surface area contributed by atoms with Crippen molar-refractivity contribution in [3.63, 3.8) is 0 Å². The first-order valence-corrected chi connectivity index (χ1v) is 9.64. The Kier molecular flexibility index (Phi) is 7.88. The molecule has 0 spiro atoms. The average Bonchev–Trinajstić information content (AvgIpc) is 2.81. The lowest BCUT2D eigenvalue weighted by Gasteiger charge is -2.10. The van der Waals surface area contributed by atoms with Crippen LogP contribution in [0.25, 0.3) is 0 Å². The molecule has 7 heteroatoms. The highest BCUT2D eigenvalue weighted by Crippen LogP contribution is 2.23. The maximum atomic E-state index is 11.9. The van der Waals surface area contributed by atoms with Gasteiger partial charge in [0.05, 0.1) is 7.11 Å². The van der Waals surface area contributed by atoms with Gasteiger partial charge in [-0.15, -0.1) is 0 Å². The minimum absolute atomic E-state index is 0.272. The summed E-state index contributed by atoms with van der Waals surface area (Å²) in [5.41, 5.74) is 0.827. The molecule has 0 saturated heterocycles. The highest BCUT2D eigenvalue weighted by atomic mass is 16.6. The Morgan fingerprint density at radius 2 is 1.42 bits per heavy atom. The normalized spacial score (nSPS) is 10.1. The van der Waals surface area contributed by atoms with Crippen LogP contribution in [0.2, 0.25) is 0 Å². The highest BCUT2D eigenvalue weighted by Gasteiger charge is 2.10. The number of rotatable bonds is 10. The van der Waals surface area contributed by atoms with Gasteiger partial charge in [-0.25, -0.2) is 4.79 Å². The van der Waals surface area contributed by atoms with Gasteiger partial charge < -0.3 is 24.3 Å². The van der Waals surface area contributed by atoms with E-state index < -0.39 is 11.9 Å². The molecular weight excluding hydrogens is 398 g/mol. The van der Waals surface area contributed by atoms with Crippen LogP contribution in [0.5, 0.6) is 23.0 Å². The minimum atomic E-state index is -0.642. The minimum Gasteiger partial charge on any atom is -0.496 e. The summed E-state index contributed by atoms with van der Waals surface area (Å²) < 4.78 is 21.2. The zero-order valence-corrected chi connectivity index (χ0v) is 17.1. The molecule has 0 aliphatic carbocycles. The van der Waals surface area contributed by atoms with Crippen molar-refractivity contribution in [1.29, 1.82) is 0 Å². The summed E-state index contributed by atoms with van der Waals surface area (Å²) in [6.07, 6.45) is 0. The maximum absolute atomic E-state index is 11.9. The second-order valence-corrected chi connectivity index (χ2v) is 6.42. The fourth-order valence-electron chi connectivity index (χ4n) is 2.65. The maximum Gasteiger partial charge on any atom is 0.344 e. The second kappa shape index (κ2) is 11.3. The van der Waals surface area contributed by atoms with E-state index in [2.05, 4.69) is 5.32 Å². The highest BCUT2D eigenvalue weighted by molar-refractivity contribution is 5.80. The summed E-state index contributed by atoms with van der Waals surface area (Å²) in [5, 5.41) is 2.68. The van der Waals surface area contributed by atoms with Crippen LogP contribution >= 0.6 is 0 Å². The van der Waals surface area contributed by atoms with Crippen LogP contribution < -0.4 is 19.5 Å². The van der Waals surface area contributed by atoms with Crippen molar-refractivity contribution in [3.8, 4) is 23.0 Å². The third-order valence-electron chi connectivity index (χ3n) is 4.19. The molecule has 1 amide bonds. The van der Waals surface area contributed by atoms with Crippen molar-refractivity contribution >= 4 is 11.9 Å². The van der Waals surface area contributed by atoms with Crippen LogP contribution in [0, 0.1) is 0 Å². The lowest BCUT2D eigenvalue weighted by molar-refractivity contribution is -0.150. The predicted octanol–water partition coefficient (Wildman–Crippen LogP) is 3.73. The summed E-state index contributed by atoms with van der Waals surface area (Å²) in [6, 6.07) is 23.6. The Morgan fingerprint density at radius 3 is 2.16 bits per heavy atom. The van der Waals surface area contributed by atoms with Gasteiger partial charge in [0.15, 0.2) is 13.2 Å². The van der Waals surface area contributed by atoms with Crippen LogP contribution in [-0.4, -0.2) is 32.2 Å². The molecule has 0 saturated carbocycles. The molecule has 31 heavy (non-hydrogen) atoms. The number of carbonyl (C=O) groups is 2. The zero-order chi connectivity index (χ0) is 21.9. The number of ether oxygens (including phenoxy) is 4. The van der Waals surface area contributed by atoms with E-state index in [0.29, 0.717) is 17.2 Å². The van der Waals surface area contributed by atoms with Crippen LogP contribution in [0.1, 0.15) is 5.56 Å². The fraction of sp³-hybridized carbons (Fsp3) is 0.167. The number of esters is 1. The third-order valence-corrected chi connectivity index (χ3v) is 4.19. The molecule has 7 nitrogen and oxygen atoms in total. The van der Waals surface area contributed by atoms with Crippen molar-refractivity contribution in [2.24, 2.45) is 0 Å². The number of para-hydroxylation sites is 2. The molecule has 0 aromatic heterocycles. The van der Waals surface area contributed by atoms with Crippen LogP contribution in [-0.2, 0) is 20.9 Å². The Morgan fingerprint density at radius 1 is 0.774 bits per heavy atom. The lowest BCUT2D eigenvalue weighted by Crippen LogP contribution is -2.29. The Labute approximate surface area is 180 Å². The fourth-order valence-corrected chi connectivity index (χ4v) is 2.65. The molecule has 3 aromatic rings. The van der Waals surface area contributed by atoms with E-state index in [9.17, 15) is 9.59 Å². The molecule has 0 fully saturated rings. The molecule has 0 bridgehead atoms. The van der Waals surface area contributed by atoms with E-state index in [1.54, 1.807) is 37.4 Å². The van der Waals surface area contributed by atoms with Gasteiger partial charge in [-0.2, -0.15) is 0 Å². The van der Waals surface area contributed by atoms with Gasteiger partial charge in [0.2, 0.25) is 0 Å². The van der Waals surface area contributed by atoms with Crippen LogP contribution in [0.3, 0.4) is 0 Å². The molecule has 160 valence electrons. The zero-order valence-electron chi connectivity index (χ0n) is 17.1. The molecule has 0 aliphatic rings. The first-order chi connectivity index (χ1) is 15.1. The predicted molar refractivity (Wildman–Crippen MR) is 114 cm³/mol. The first-order valence-electron chi connectivity index (χ1n) is 9.64. The number of methoxy groups -OCH3 is 1. The van der Waals surface area contributed by atoms with E-state index >= 15 is 0 Å². The van der Waals surface area contributed by atoms with Crippen molar-refractivity contribution in [2.75, 3.05) is 20.3 Å². The lowest BCUT2D eigenvalue weighted by atomic mass is 10.2.